The molecular weight excluding hydrogens is 462 g/mol. The van der Waals surface area contributed by atoms with E-state index in [0.29, 0.717) is 24.5 Å². The van der Waals surface area contributed by atoms with Crippen LogP contribution in [0.5, 0.6) is 0 Å². The first-order chi connectivity index (χ1) is 17.5. The average molecular weight is 492 g/mol. The molecule has 0 unspecified atom stereocenters. The molecule has 2 aromatic carbocycles. The minimum absolute atomic E-state index is 0.0896. The highest BCUT2D eigenvalue weighted by molar-refractivity contribution is 6.22. The molecule has 2 aromatic rings. The van der Waals surface area contributed by atoms with Crippen LogP contribution in [0.25, 0.3) is 0 Å². The standard InChI is InChI=1S/C27H29N3O6/c31-24(28-19-7-9-20(10-8-19)29-12-14-35-15-13-29)17-36-27(34)18-6-11-22-23(16-18)26(33)30(25(22)32)21-4-2-1-3-5-21/h6-11,16,21H,1-5,12-15,17H2,(H,28,31). The molecule has 1 saturated carbocycles. The van der Waals surface area contributed by atoms with Crippen molar-refractivity contribution in [2.24, 2.45) is 0 Å². The molecule has 0 spiro atoms. The summed E-state index contributed by atoms with van der Waals surface area (Å²) >= 11 is 0. The van der Waals surface area contributed by atoms with Crippen molar-refractivity contribution in [3.8, 4) is 0 Å². The summed E-state index contributed by atoms with van der Waals surface area (Å²) in [7, 11) is 0. The highest BCUT2D eigenvalue weighted by Crippen LogP contribution is 2.31. The lowest BCUT2D eigenvalue weighted by molar-refractivity contribution is -0.119. The van der Waals surface area contributed by atoms with E-state index in [-0.39, 0.29) is 29.0 Å². The molecule has 9 nitrogen and oxygen atoms in total. The zero-order chi connectivity index (χ0) is 25.1. The fraction of sp³-hybridized carbons (Fsp3) is 0.407. The van der Waals surface area contributed by atoms with Gasteiger partial charge in [0.2, 0.25) is 0 Å². The number of benzene rings is 2. The summed E-state index contributed by atoms with van der Waals surface area (Å²) < 4.78 is 10.5. The van der Waals surface area contributed by atoms with Crippen LogP contribution in [0.1, 0.15) is 63.2 Å². The van der Waals surface area contributed by atoms with Gasteiger partial charge in [-0.3, -0.25) is 19.3 Å². The van der Waals surface area contributed by atoms with Gasteiger partial charge < -0.3 is 19.7 Å². The molecule has 188 valence electrons. The Balaban J connectivity index is 1.16. The number of anilines is 2. The highest BCUT2D eigenvalue weighted by Gasteiger charge is 2.40. The van der Waals surface area contributed by atoms with E-state index in [1.54, 1.807) is 12.1 Å². The van der Waals surface area contributed by atoms with Gasteiger partial charge in [0.1, 0.15) is 0 Å². The van der Waals surface area contributed by atoms with Crippen LogP contribution >= 0.6 is 0 Å². The minimum atomic E-state index is -0.730. The summed E-state index contributed by atoms with van der Waals surface area (Å²) in [6.45, 7) is 2.56. The number of morpholine rings is 1. The van der Waals surface area contributed by atoms with Crippen molar-refractivity contribution in [1.82, 2.24) is 4.90 Å². The smallest absolute Gasteiger partial charge is 0.338 e. The number of nitrogens with one attached hydrogen (secondary N) is 1. The molecule has 0 radical (unpaired) electrons. The van der Waals surface area contributed by atoms with Gasteiger partial charge in [-0.2, -0.15) is 0 Å². The molecule has 0 aromatic heterocycles. The third-order valence-electron chi connectivity index (χ3n) is 6.96. The third kappa shape index (κ3) is 4.97. The summed E-state index contributed by atoms with van der Waals surface area (Å²) in [5.41, 5.74) is 2.29. The lowest BCUT2D eigenvalue weighted by atomic mass is 9.94. The van der Waals surface area contributed by atoms with E-state index in [0.717, 1.165) is 50.9 Å². The number of amides is 3. The van der Waals surface area contributed by atoms with Gasteiger partial charge in [-0.25, -0.2) is 4.79 Å². The largest absolute Gasteiger partial charge is 0.452 e. The van der Waals surface area contributed by atoms with Crippen LogP contribution in [-0.2, 0) is 14.3 Å². The average Bonchev–Trinajstić information content (AvgIpc) is 3.17. The summed E-state index contributed by atoms with van der Waals surface area (Å²) in [5, 5.41) is 2.71. The van der Waals surface area contributed by atoms with Crippen molar-refractivity contribution in [1.29, 1.82) is 0 Å². The maximum atomic E-state index is 13.0. The van der Waals surface area contributed by atoms with Gasteiger partial charge in [-0.15, -0.1) is 0 Å². The topological polar surface area (TPSA) is 105 Å². The van der Waals surface area contributed by atoms with Gasteiger partial charge in [-0.05, 0) is 55.3 Å². The number of esters is 1. The Morgan fingerprint density at radius 2 is 1.61 bits per heavy atom. The van der Waals surface area contributed by atoms with Gasteiger partial charge in [0.15, 0.2) is 6.61 Å². The first-order valence-electron chi connectivity index (χ1n) is 12.4. The number of fused-ring (bicyclic) bond motifs is 1. The third-order valence-corrected chi connectivity index (χ3v) is 6.96. The number of nitrogens with zero attached hydrogens (tertiary/aromatic N) is 2. The van der Waals surface area contributed by atoms with E-state index in [9.17, 15) is 19.2 Å². The van der Waals surface area contributed by atoms with Gasteiger partial charge in [0.05, 0.1) is 29.9 Å². The number of hydrogen-bond acceptors (Lipinski definition) is 7. The van der Waals surface area contributed by atoms with Crippen molar-refractivity contribution < 1.29 is 28.7 Å². The van der Waals surface area contributed by atoms with Crippen molar-refractivity contribution in [2.75, 3.05) is 43.1 Å². The Morgan fingerprint density at radius 1 is 0.917 bits per heavy atom. The molecule has 0 atom stereocenters. The van der Waals surface area contributed by atoms with E-state index in [2.05, 4.69) is 10.2 Å². The van der Waals surface area contributed by atoms with Crippen molar-refractivity contribution in [3.05, 3.63) is 59.2 Å². The maximum Gasteiger partial charge on any atom is 0.338 e. The van der Waals surface area contributed by atoms with E-state index in [4.69, 9.17) is 9.47 Å². The van der Waals surface area contributed by atoms with Crippen LogP contribution in [0, 0.1) is 0 Å². The fourth-order valence-electron chi connectivity index (χ4n) is 5.05. The summed E-state index contributed by atoms with van der Waals surface area (Å²) in [5.74, 6) is -1.87. The molecule has 36 heavy (non-hydrogen) atoms. The Morgan fingerprint density at radius 3 is 2.33 bits per heavy atom. The molecule has 0 bridgehead atoms. The van der Waals surface area contributed by atoms with Gasteiger partial charge >= 0.3 is 5.97 Å². The van der Waals surface area contributed by atoms with Gasteiger partial charge in [0, 0.05) is 30.5 Å². The number of hydrogen-bond donors (Lipinski definition) is 1. The number of rotatable bonds is 6. The van der Waals surface area contributed by atoms with Crippen molar-refractivity contribution >= 4 is 35.1 Å². The molecule has 1 N–H and O–H groups in total. The summed E-state index contributed by atoms with van der Waals surface area (Å²) in [4.78, 5) is 54.2. The van der Waals surface area contributed by atoms with Gasteiger partial charge in [0.25, 0.3) is 17.7 Å². The predicted molar refractivity (Wildman–Crippen MR) is 132 cm³/mol. The van der Waals surface area contributed by atoms with Crippen LogP contribution in [0.15, 0.2) is 42.5 Å². The maximum absolute atomic E-state index is 13.0. The normalized spacial score (nSPS) is 18.2. The van der Waals surface area contributed by atoms with E-state index in [1.807, 2.05) is 12.1 Å². The zero-order valence-electron chi connectivity index (χ0n) is 20.0. The molecular formula is C27H29N3O6. The zero-order valence-corrected chi connectivity index (χ0v) is 20.0. The van der Waals surface area contributed by atoms with E-state index >= 15 is 0 Å². The molecule has 2 aliphatic heterocycles. The first-order valence-corrected chi connectivity index (χ1v) is 12.4. The van der Waals surface area contributed by atoms with E-state index in [1.165, 1.54) is 23.1 Å². The quantitative estimate of drug-likeness (QED) is 0.489. The van der Waals surface area contributed by atoms with Crippen molar-refractivity contribution in [2.45, 2.75) is 38.1 Å². The molecule has 3 amide bonds. The predicted octanol–water partition coefficient (Wildman–Crippen LogP) is 3.25. The second kappa shape index (κ2) is 10.5. The second-order valence-electron chi connectivity index (χ2n) is 9.30. The molecule has 5 rings (SSSR count). The van der Waals surface area contributed by atoms with E-state index < -0.39 is 18.5 Å². The Hall–Kier alpha value is -3.72. The lowest BCUT2D eigenvalue weighted by Crippen LogP contribution is -2.40. The summed E-state index contributed by atoms with van der Waals surface area (Å²) in [6.07, 6.45) is 4.73. The Kier molecular flexibility index (Phi) is 6.99. The Labute approximate surface area is 209 Å². The molecule has 1 saturated heterocycles. The highest BCUT2D eigenvalue weighted by atomic mass is 16.5. The fourth-order valence-corrected chi connectivity index (χ4v) is 5.05. The van der Waals surface area contributed by atoms with Crippen LogP contribution < -0.4 is 10.2 Å². The molecule has 2 heterocycles. The second-order valence-corrected chi connectivity index (χ2v) is 9.30. The molecule has 9 heteroatoms. The molecule has 2 fully saturated rings. The van der Waals surface area contributed by atoms with Crippen LogP contribution in [0.4, 0.5) is 11.4 Å². The van der Waals surface area contributed by atoms with Crippen LogP contribution in [0.3, 0.4) is 0 Å². The minimum Gasteiger partial charge on any atom is -0.452 e. The van der Waals surface area contributed by atoms with Gasteiger partial charge in [-0.1, -0.05) is 19.3 Å². The van der Waals surface area contributed by atoms with Crippen LogP contribution in [0.2, 0.25) is 0 Å². The van der Waals surface area contributed by atoms with Crippen molar-refractivity contribution in [3.63, 3.8) is 0 Å². The SMILES string of the molecule is O=C(COC(=O)c1ccc2c(c1)C(=O)N(C1CCCCC1)C2=O)Nc1ccc(N2CCOCC2)cc1. The molecule has 1 aliphatic carbocycles. The number of ether oxygens (including phenoxy) is 2. The number of imide groups is 1. The number of carbonyl (C=O) groups is 4. The number of carbonyl (C=O) groups excluding carboxylic acids is 4. The first kappa shape index (κ1) is 24.0. The monoisotopic (exact) mass is 491 g/mol. The molecule has 3 aliphatic rings. The van der Waals surface area contributed by atoms with Crippen LogP contribution in [-0.4, -0.2) is 67.5 Å². The lowest BCUT2D eigenvalue weighted by Gasteiger charge is -2.29. The summed E-state index contributed by atoms with van der Waals surface area (Å²) in [6, 6.07) is 11.7. The Bertz CT molecular complexity index is 1170.